The summed E-state index contributed by atoms with van der Waals surface area (Å²) in [5, 5.41) is 41.5. The Morgan fingerprint density at radius 3 is 2.47 bits per heavy atom. The molecule has 0 unspecified atom stereocenters. The number of hydrogen-bond donors (Lipinski definition) is 5. The Hall–Kier alpha value is -1.50. The van der Waals surface area contributed by atoms with E-state index in [-0.39, 0.29) is 11.5 Å². The first-order chi connectivity index (χ1) is 9.02. The van der Waals surface area contributed by atoms with E-state index in [0.29, 0.717) is 44.7 Å². The first-order valence-corrected chi connectivity index (χ1v) is 6.25. The van der Waals surface area contributed by atoms with E-state index in [1.165, 1.54) is 12.1 Å². The summed E-state index contributed by atoms with van der Waals surface area (Å²) in [6.45, 7) is 1.77. The number of phenolic OH excluding ortho intramolecular Hbond substituents is 3. The fourth-order valence-corrected chi connectivity index (χ4v) is 2.11. The van der Waals surface area contributed by atoms with Crippen molar-refractivity contribution in [1.29, 1.82) is 0 Å². The van der Waals surface area contributed by atoms with Gasteiger partial charge in [0.15, 0.2) is 11.5 Å². The summed E-state index contributed by atoms with van der Waals surface area (Å²) in [5.74, 6) is -1.22. The quantitative estimate of drug-likeness (QED) is 0.508. The molecule has 0 spiro atoms. The third-order valence-corrected chi connectivity index (χ3v) is 3.41. The van der Waals surface area contributed by atoms with Gasteiger partial charge in [-0.05, 0) is 6.07 Å². The monoisotopic (exact) mass is 269 g/mol. The summed E-state index contributed by atoms with van der Waals surface area (Å²) in [7, 11) is 0. The van der Waals surface area contributed by atoms with E-state index >= 15 is 0 Å². The second kappa shape index (κ2) is 5.64. The summed E-state index contributed by atoms with van der Waals surface area (Å²) in [5.41, 5.74) is -0.321. The van der Waals surface area contributed by atoms with Crippen LogP contribution in [0.3, 0.4) is 0 Å². The fraction of sp³-hybridized carbons (Fsp3) is 0.538. The Morgan fingerprint density at radius 2 is 1.79 bits per heavy atom. The Kier molecular flexibility index (Phi) is 4.14. The van der Waals surface area contributed by atoms with Crippen molar-refractivity contribution in [3.63, 3.8) is 0 Å². The van der Waals surface area contributed by atoms with Crippen molar-refractivity contribution in [2.75, 3.05) is 19.8 Å². The molecule has 6 heteroatoms. The zero-order valence-corrected chi connectivity index (χ0v) is 10.6. The summed E-state index contributed by atoms with van der Waals surface area (Å²) in [6, 6.07) is 2.83. The van der Waals surface area contributed by atoms with Crippen LogP contribution in [0.15, 0.2) is 12.1 Å². The van der Waals surface area contributed by atoms with Crippen LogP contribution >= 0.6 is 0 Å². The van der Waals surface area contributed by atoms with Crippen molar-refractivity contribution >= 4 is 0 Å². The molecule has 6 nitrogen and oxygen atoms in total. The van der Waals surface area contributed by atoms with Crippen LogP contribution in [0, 0.1) is 0 Å². The smallest absolute Gasteiger partial charge is 0.200 e. The SMILES string of the molecule is Oc1ccc(CNCC2(O)CCOCC2)c(O)c1O. The summed E-state index contributed by atoms with van der Waals surface area (Å²) >= 11 is 0. The van der Waals surface area contributed by atoms with Gasteiger partial charge < -0.3 is 30.5 Å². The van der Waals surface area contributed by atoms with Crippen LogP contribution < -0.4 is 5.32 Å². The molecule has 0 saturated carbocycles. The fourth-order valence-electron chi connectivity index (χ4n) is 2.11. The number of rotatable bonds is 4. The molecule has 2 rings (SSSR count). The van der Waals surface area contributed by atoms with Crippen LogP contribution in [0.4, 0.5) is 0 Å². The van der Waals surface area contributed by atoms with Gasteiger partial charge in [-0.3, -0.25) is 0 Å². The maximum atomic E-state index is 10.2. The van der Waals surface area contributed by atoms with Crippen molar-refractivity contribution < 1.29 is 25.2 Å². The van der Waals surface area contributed by atoms with Crippen LogP contribution in [-0.4, -0.2) is 45.8 Å². The zero-order valence-electron chi connectivity index (χ0n) is 10.6. The third kappa shape index (κ3) is 3.28. The second-order valence-corrected chi connectivity index (χ2v) is 4.88. The summed E-state index contributed by atoms with van der Waals surface area (Å²) < 4.78 is 5.19. The lowest BCUT2D eigenvalue weighted by molar-refractivity contribution is -0.0617. The first-order valence-electron chi connectivity index (χ1n) is 6.25. The number of hydrogen-bond acceptors (Lipinski definition) is 6. The van der Waals surface area contributed by atoms with Crippen LogP contribution in [-0.2, 0) is 11.3 Å². The number of ether oxygens (including phenoxy) is 1. The lowest BCUT2D eigenvalue weighted by Gasteiger charge is -2.32. The average Bonchev–Trinajstić information content (AvgIpc) is 2.40. The standard InChI is InChI=1S/C13H19NO5/c15-10-2-1-9(11(16)12(10)17)7-14-8-13(18)3-5-19-6-4-13/h1-2,14-18H,3-8H2. The van der Waals surface area contributed by atoms with Crippen molar-refractivity contribution in [3.8, 4) is 17.2 Å². The third-order valence-electron chi connectivity index (χ3n) is 3.41. The predicted molar refractivity (Wildman–Crippen MR) is 68.1 cm³/mol. The van der Waals surface area contributed by atoms with E-state index in [1.807, 2.05) is 0 Å². The van der Waals surface area contributed by atoms with Crippen molar-refractivity contribution in [1.82, 2.24) is 5.32 Å². The number of aliphatic hydroxyl groups is 1. The largest absolute Gasteiger partial charge is 0.504 e. The molecule has 1 aliphatic heterocycles. The Bertz CT molecular complexity index is 443. The predicted octanol–water partition coefficient (Wildman–Crippen LogP) is 0.435. The minimum atomic E-state index is -0.785. The normalized spacial score (nSPS) is 18.4. The molecule has 0 aliphatic carbocycles. The van der Waals surface area contributed by atoms with Gasteiger partial charge in [-0.25, -0.2) is 0 Å². The summed E-state index contributed by atoms with van der Waals surface area (Å²) in [6.07, 6.45) is 1.15. The van der Waals surface area contributed by atoms with E-state index in [2.05, 4.69) is 5.32 Å². The average molecular weight is 269 g/mol. The van der Waals surface area contributed by atoms with Crippen molar-refractivity contribution in [3.05, 3.63) is 17.7 Å². The van der Waals surface area contributed by atoms with Gasteiger partial charge >= 0.3 is 0 Å². The molecule has 1 heterocycles. The maximum Gasteiger partial charge on any atom is 0.200 e. The van der Waals surface area contributed by atoms with Gasteiger partial charge in [0.1, 0.15) is 0 Å². The Morgan fingerprint density at radius 1 is 1.11 bits per heavy atom. The van der Waals surface area contributed by atoms with Gasteiger partial charge in [0.2, 0.25) is 5.75 Å². The van der Waals surface area contributed by atoms with Crippen molar-refractivity contribution in [2.24, 2.45) is 0 Å². The van der Waals surface area contributed by atoms with Gasteiger partial charge in [-0.15, -0.1) is 0 Å². The van der Waals surface area contributed by atoms with Gasteiger partial charge in [0.25, 0.3) is 0 Å². The van der Waals surface area contributed by atoms with Gasteiger partial charge in [0.05, 0.1) is 5.60 Å². The minimum absolute atomic E-state index is 0.294. The number of benzene rings is 1. The number of phenols is 3. The van der Waals surface area contributed by atoms with Gasteiger partial charge in [0, 0.05) is 44.7 Å². The highest BCUT2D eigenvalue weighted by molar-refractivity contribution is 5.52. The van der Waals surface area contributed by atoms with Crippen LogP contribution in [0.2, 0.25) is 0 Å². The first kappa shape index (κ1) is 13.9. The second-order valence-electron chi connectivity index (χ2n) is 4.88. The van der Waals surface area contributed by atoms with Crippen LogP contribution in [0.5, 0.6) is 17.2 Å². The summed E-state index contributed by atoms with van der Waals surface area (Å²) in [4.78, 5) is 0. The molecule has 1 fully saturated rings. The zero-order chi connectivity index (χ0) is 13.9. The molecule has 19 heavy (non-hydrogen) atoms. The van der Waals surface area contributed by atoms with E-state index in [0.717, 1.165) is 0 Å². The molecule has 1 aliphatic rings. The highest BCUT2D eigenvalue weighted by atomic mass is 16.5. The topological polar surface area (TPSA) is 102 Å². The van der Waals surface area contributed by atoms with Crippen LogP contribution in [0.25, 0.3) is 0 Å². The van der Waals surface area contributed by atoms with E-state index in [4.69, 9.17) is 4.74 Å². The molecule has 0 radical (unpaired) electrons. The molecular formula is C13H19NO5. The van der Waals surface area contributed by atoms with Gasteiger partial charge in [-0.2, -0.15) is 0 Å². The highest BCUT2D eigenvalue weighted by Crippen LogP contribution is 2.36. The van der Waals surface area contributed by atoms with E-state index in [9.17, 15) is 20.4 Å². The molecule has 106 valence electrons. The maximum absolute atomic E-state index is 10.2. The molecule has 1 saturated heterocycles. The molecule has 0 amide bonds. The van der Waals surface area contributed by atoms with Gasteiger partial charge in [-0.1, -0.05) is 6.07 Å². The molecule has 1 aromatic rings. The molecular weight excluding hydrogens is 250 g/mol. The van der Waals surface area contributed by atoms with E-state index < -0.39 is 11.4 Å². The Labute approximate surface area is 111 Å². The number of nitrogens with one attached hydrogen (secondary N) is 1. The molecule has 0 aromatic heterocycles. The minimum Gasteiger partial charge on any atom is -0.504 e. The molecule has 5 N–H and O–H groups in total. The molecule has 1 aromatic carbocycles. The number of aromatic hydroxyl groups is 3. The van der Waals surface area contributed by atoms with Crippen LogP contribution in [0.1, 0.15) is 18.4 Å². The lowest BCUT2D eigenvalue weighted by atomic mass is 9.94. The Balaban J connectivity index is 1.90. The molecule has 0 atom stereocenters. The van der Waals surface area contributed by atoms with E-state index in [1.54, 1.807) is 0 Å². The lowest BCUT2D eigenvalue weighted by Crippen LogP contribution is -2.44. The highest BCUT2D eigenvalue weighted by Gasteiger charge is 2.29. The molecule has 0 bridgehead atoms. The van der Waals surface area contributed by atoms with Crippen molar-refractivity contribution in [2.45, 2.75) is 25.0 Å².